The molecule has 1 N–H and O–H groups in total. The van der Waals surface area contributed by atoms with Crippen molar-refractivity contribution in [1.29, 1.82) is 0 Å². The summed E-state index contributed by atoms with van der Waals surface area (Å²) in [5.41, 5.74) is 1.18. The Morgan fingerprint density at radius 1 is 0.897 bits per heavy atom. The molecule has 0 atom stereocenters. The minimum atomic E-state index is -0.246. The summed E-state index contributed by atoms with van der Waals surface area (Å²) in [7, 11) is 0. The zero-order valence-electron chi connectivity index (χ0n) is 15.2. The molecule has 0 aliphatic carbocycles. The summed E-state index contributed by atoms with van der Waals surface area (Å²) in [6.45, 7) is -0.0708. The lowest BCUT2D eigenvalue weighted by Gasteiger charge is -2.08. The average Bonchev–Trinajstić information content (AvgIpc) is 2.74. The maximum absolute atomic E-state index is 12.3. The lowest BCUT2D eigenvalue weighted by atomic mass is 10.1. The average molecular weight is 446 g/mol. The fourth-order valence-corrected chi connectivity index (χ4v) is 3.49. The van der Waals surface area contributed by atoms with Crippen molar-refractivity contribution >= 4 is 52.3 Å². The lowest BCUT2D eigenvalue weighted by molar-refractivity contribution is -0.118. The van der Waals surface area contributed by atoms with Gasteiger partial charge in [-0.2, -0.15) is 0 Å². The van der Waals surface area contributed by atoms with Gasteiger partial charge in [-0.3, -0.25) is 9.59 Å². The molecule has 4 nitrogen and oxygen atoms in total. The Kier molecular flexibility index (Phi) is 7.58. The Hall–Kier alpha value is -2.47. The van der Waals surface area contributed by atoms with Gasteiger partial charge in [-0.1, -0.05) is 41.4 Å². The zero-order valence-corrected chi connectivity index (χ0v) is 17.6. The molecule has 1 amide bonds. The molecule has 0 radical (unpaired) electrons. The third-order valence-electron chi connectivity index (χ3n) is 3.86. The van der Waals surface area contributed by atoms with Crippen molar-refractivity contribution < 1.29 is 14.3 Å². The van der Waals surface area contributed by atoms with Crippen LogP contribution in [0, 0.1) is 0 Å². The molecule has 3 aromatic carbocycles. The van der Waals surface area contributed by atoms with Crippen molar-refractivity contribution in [3.63, 3.8) is 0 Å². The first-order valence-electron chi connectivity index (χ1n) is 8.70. The molecule has 148 valence electrons. The molecule has 0 spiro atoms. The van der Waals surface area contributed by atoms with Crippen molar-refractivity contribution in [2.24, 2.45) is 0 Å². The molecule has 3 aromatic rings. The summed E-state index contributed by atoms with van der Waals surface area (Å²) in [6, 6.07) is 21.3. The summed E-state index contributed by atoms with van der Waals surface area (Å²) >= 11 is 13.2. The van der Waals surface area contributed by atoms with Gasteiger partial charge in [0.15, 0.2) is 12.4 Å². The molecule has 0 fully saturated rings. The number of rotatable bonds is 8. The Labute approximate surface area is 183 Å². The van der Waals surface area contributed by atoms with E-state index in [0.717, 1.165) is 4.90 Å². The first-order chi connectivity index (χ1) is 14.0. The number of thioether (sulfide) groups is 1. The minimum absolute atomic E-state index is 0.0380. The van der Waals surface area contributed by atoms with Crippen LogP contribution >= 0.6 is 35.0 Å². The van der Waals surface area contributed by atoms with E-state index in [-0.39, 0.29) is 24.1 Å². The number of anilines is 1. The van der Waals surface area contributed by atoms with Crippen LogP contribution in [0.25, 0.3) is 0 Å². The van der Waals surface area contributed by atoms with Crippen LogP contribution < -0.4 is 10.1 Å². The summed E-state index contributed by atoms with van der Waals surface area (Å²) < 4.78 is 5.42. The predicted octanol–water partition coefficient (Wildman–Crippen LogP) is 5.99. The summed E-state index contributed by atoms with van der Waals surface area (Å²) in [5, 5.41) is 3.55. The number of halogens is 2. The minimum Gasteiger partial charge on any atom is -0.484 e. The van der Waals surface area contributed by atoms with Gasteiger partial charge in [0.1, 0.15) is 5.75 Å². The van der Waals surface area contributed by atoms with Gasteiger partial charge >= 0.3 is 0 Å². The molecule has 0 saturated heterocycles. The van der Waals surface area contributed by atoms with Gasteiger partial charge < -0.3 is 10.1 Å². The quantitative estimate of drug-likeness (QED) is 0.341. The van der Waals surface area contributed by atoms with Crippen LogP contribution in [-0.2, 0) is 4.79 Å². The third kappa shape index (κ3) is 6.53. The zero-order chi connectivity index (χ0) is 20.6. The molecule has 7 heteroatoms. The number of amides is 1. The molecule has 0 heterocycles. The number of carbonyl (C=O) groups excluding carboxylic acids is 2. The molecule has 0 aromatic heterocycles. The maximum Gasteiger partial charge on any atom is 0.262 e. The number of hydrogen-bond acceptors (Lipinski definition) is 4. The molecule has 0 unspecified atom stereocenters. The Bertz CT molecular complexity index is 995. The van der Waals surface area contributed by atoms with E-state index in [0.29, 0.717) is 27.0 Å². The Morgan fingerprint density at radius 3 is 2.31 bits per heavy atom. The van der Waals surface area contributed by atoms with E-state index in [2.05, 4.69) is 5.32 Å². The van der Waals surface area contributed by atoms with E-state index < -0.39 is 0 Å². The highest BCUT2D eigenvalue weighted by Crippen LogP contribution is 2.25. The smallest absolute Gasteiger partial charge is 0.262 e. The molecule has 0 aliphatic heterocycles. The van der Waals surface area contributed by atoms with Crippen molar-refractivity contribution in [3.8, 4) is 5.75 Å². The van der Waals surface area contributed by atoms with Crippen LogP contribution in [0.3, 0.4) is 0 Å². The summed E-state index contributed by atoms with van der Waals surface area (Å²) in [6.07, 6.45) is 0. The second-order valence-electron chi connectivity index (χ2n) is 6.02. The monoisotopic (exact) mass is 445 g/mol. The summed E-state index contributed by atoms with van der Waals surface area (Å²) in [4.78, 5) is 25.2. The number of Topliss-reactive ketones (excluding diaryl/α,β-unsaturated/α-hetero) is 1. The topological polar surface area (TPSA) is 55.4 Å². The highest BCUT2D eigenvalue weighted by atomic mass is 35.5. The number of ketones is 1. The second kappa shape index (κ2) is 10.3. The first kappa shape index (κ1) is 21.2. The Morgan fingerprint density at radius 2 is 1.62 bits per heavy atom. The fourth-order valence-electron chi connectivity index (χ4n) is 2.40. The van der Waals surface area contributed by atoms with Crippen LogP contribution in [-0.4, -0.2) is 24.1 Å². The Balaban J connectivity index is 1.47. The number of benzene rings is 3. The van der Waals surface area contributed by atoms with Gasteiger partial charge in [-0.25, -0.2) is 0 Å². The molecule has 0 saturated carbocycles. The number of carbonyl (C=O) groups is 2. The van der Waals surface area contributed by atoms with E-state index in [1.807, 2.05) is 30.3 Å². The number of para-hydroxylation sites is 1. The predicted molar refractivity (Wildman–Crippen MR) is 119 cm³/mol. The van der Waals surface area contributed by atoms with E-state index in [4.69, 9.17) is 27.9 Å². The number of nitrogens with one attached hydrogen (secondary N) is 1. The van der Waals surface area contributed by atoms with E-state index in [1.54, 1.807) is 42.5 Å². The molecular weight excluding hydrogens is 429 g/mol. The number of hydrogen-bond donors (Lipinski definition) is 1. The fraction of sp³-hybridized carbons (Fsp3) is 0.0909. The normalized spacial score (nSPS) is 10.4. The van der Waals surface area contributed by atoms with Crippen LogP contribution in [0.1, 0.15) is 10.4 Å². The van der Waals surface area contributed by atoms with Crippen LogP contribution in [0.4, 0.5) is 5.69 Å². The molecule has 3 rings (SSSR count). The molecule has 0 bridgehead atoms. The highest BCUT2D eigenvalue weighted by molar-refractivity contribution is 8.00. The van der Waals surface area contributed by atoms with Gasteiger partial charge in [0.2, 0.25) is 0 Å². The molecule has 0 aliphatic rings. The SMILES string of the molecule is O=C(COc1ccccc1)Nc1ccc(SCC(=O)c2ccc(Cl)c(Cl)c2)cc1. The molecular formula is C22H17Cl2NO3S. The second-order valence-corrected chi connectivity index (χ2v) is 7.88. The van der Waals surface area contributed by atoms with Crippen LogP contribution in [0.5, 0.6) is 5.75 Å². The lowest BCUT2D eigenvalue weighted by Crippen LogP contribution is -2.20. The van der Waals surface area contributed by atoms with Crippen LogP contribution in [0.15, 0.2) is 77.7 Å². The van der Waals surface area contributed by atoms with E-state index in [1.165, 1.54) is 11.8 Å². The van der Waals surface area contributed by atoms with Gasteiger partial charge in [0, 0.05) is 16.1 Å². The maximum atomic E-state index is 12.3. The standard InChI is InChI=1S/C22H17Cl2NO3S/c23-19-11-6-15(12-20(19)24)21(26)14-29-18-9-7-16(8-10-18)25-22(27)13-28-17-4-2-1-3-5-17/h1-12H,13-14H2,(H,25,27). The van der Waals surface area contributed by atoms with Crippen molar-refractivity contribution in [1.82, 2.24) is 0 Å². The van der Waals surface area contributed by atoms with Crippen molar-refractivity contribution in [2.45, 2.75) is 4.90 Å². The van der Waals surface area contributed by atoms with E-state index >= 15 is 0 Å². The largest absolute Gasteiger partial charge is 0.484 e. The van der Waals surface area contributed by atoms with Crippen molar-refractivity contribution in [3.05, 3.63) is 88.4 Å². The third-order valence-corrected chi connectivity index (χ3v) is 5.61. The van der Waals surface area contributed by atoms with Crippen LogP contribution in [0.2, 0.25) is 10.0 Å². The molecule has 29 heavy (non-hydrogen) atoms. The van der Waals surface area contributed by atoms with Gasteiger partial charge in [-0.05, 0) is 54.6 Å². The number of ether oxygens (including phenoxy) is 1. The van der Waals surface area contributed by atoms with Gasteiger partial charge in [0.25, 0.3) is 5.91 Å². The summed E-state index contributed by atoms with van der Waals surface area (Å²) in [5.74, 6) is 0.628. The van der Waals surface area contributed by atoms with Gasteiger partial charge in [-0.15, -0.1) is 11.8 Å². The van der Waals surface area contributed by atoms with Crippen molar-refractivity contribution in [2.75, 3.05) is 17.7 Å². The first-order valence-corrected chi connectivity index (χ1v) is 10.4. The van der Waals surface area contributed by atoms with E-state index in [9.17, 15) is 9.59 Å². The van der Waals surface area contributed by atoms with Gasteiger partial charge in [0.05, 0.1) is 15.8 Å². The highest BCUT2D eigenvalue weighted by Gasteiger charge is 2.09.